The topological polar surface area (TPSA) is 62.2 Å². The van der Waals surface area contributed by atoms with Gasteiger partial charge in [0.15, 0.2) is 0 Å². The van der Waals surface area contributed by atoms with Gasteiger partial charge in [-0.2, -0.15) is 0 Å². The Kier molecular flexibility index (Phi) is 3.64. The third kappa shape index (κ3) is 2.70. The van der Waals surface area contributed by atoms with Gasteiger partial charge < -0.3 is 19.5 Å². The predicted octanol–water partition coefficient (Wildman–Crippen LogP) is 0.620. The van der Waals surface area contributed by atoms with E-state index in [1.807, 2.05) is 0 Å². The maximum atomic E-state index is 10.9. The van der Waals surface area contributed by atoms with E-state index in [0.29, 0.717) is 19.1 Å². The molecule has 3 fully saturated rings. The number of morpholine rings is 1. The fraction of sp³-hybridized carbons (Fsp3) is 0.923. The van der Waals surface area contributed by atoms with E-state index >= 15 is 0 Å². The third-order valence-corrected chi connectivity index (χ3v) is 4.70. The zero-order valence-corrected chi connectivity index (χ0v) is 11.2. The van der Waals surface area contributed by atoms with Crippen LogP contribution in [0.3, 0.4) is 0 Å². The lowest BCUT2D eigenvalue weighted by Crippen LogP contribution is -2.47. The van der Waals surface area contributed by atoms with Crippen LogP contribution in [0.15, 0.2) is 0 Å². The first-order valence-electron chi connectivity index (χ1n) is 7.12. The molecule has 1 amide bonds. The molecule has 1 spiro atoms. The van der Waals surface area contributed by atoms with Gasteiger partial charge in [-0.05, 0) is 19.3 Å². The van der Waals surface area contributed by atoms with Gasteiger partial charge in [-0.15, -0.1) is 0 Å². The lowest BCUT2D eigenvalue weighted by atomic mass is 9.87. The summed E-state index contributed by atoms with van der Waals surface area (Å²) < 4.78 is 11.5. The summed E-state index contributed by atoms with van der Waals surface area (Å²) in [4.78, 5) is 14.9. The van der Waals surface area contributed by atoms with Crippen molar-refractivity contribution >= 4 is 6.09 Å². The Morgan fingerprint density at radius 3 is 2.47 bits per heavy atom. The van der Waals surface area contributed by atoms with Crippen molar-refractivity contribution in [1.29, 1.82) is 0 Å². The van der Waals surface area contributed by atoms with Gasteiger partial charge in [-0.1, -0.05) is 0 Å². The molecule has 0 aromatic heterocycles. The molecule has 3 heterocycles. The fourth-order valence-electron chi connectivity index (χ4n) is 3.45. The number of hydrogen-bond donors (Lipinski definition) is 1. The Labute approximate surface area is 113 Å². The molecule has 3 aliphatic heterocycles. The molecule has 6 nitrogen and oxygen atoms in total. The maximum Gasteiger partial charge on any atom is 0.407 e. The minimum Gasteiger partial charge on any atom is -0.465 e. The molecule has 1 N–H and O–H groups in total. The highest BCUT2D eigenvalue weighted by molar-refractivity contribution is 5.65. The van der Waals surface area contributed by atoms with Crippen LogP contribution in [-0.2, 0) is 9.47 Å². The molecule has 3 aliphatic rings. The Balaban J connectivity index is 1.55. The standard InChI is InChI=1S/C13H22N2O4/c16-12(17)15-3-1-13(2-4-15)9-11(10-19-13)14-5-7-18-8-6-14/h11H,1-10H2,(H,16,17)/t11-/m0/s1. The predicted molar refractivity (Wildman–Crippen MR) is 68.3 cm³/mol. The first kappa shape index (κ1) is 13.1. The monoisotopic (exact) mass is 270 g/mol. The van der Waals surface area contributed by atoms with Gasteiger partial charge in [0.25, 0.3) is 0 Å². The molecule has 108 valence electrons. The van der Waals surface area contributed by atoms with Crippen molar-refractivity contribution in [2.75, 3.05) is 46.0 Å². The Morgan fingerprint density at radius 2 is 1.84 bits per heavy atom. The largest absolute Gasteiger partial charge is 0.465 e. The van der Waals surface area contributed by atoms with Gasteiger partial charge in [0.2, 0.25) is 0 Å². The summed E-state index contributed by atoms with van der Waals surface area (Å²) in [5.74, 6) is 0. The van der Waals surface area contributed by atoms with Crippen molar-refractivity contribution < 1.29 is 19.4 Å². The molecule has 6 heteroatoms. The molecule has 0 aliphatic carbocycles. The first-order chi connectivity index (χ1) is 9.19. The van der Waals surface area contributed by atoms with Gasteiger partial charge in [-0.25, -0.2) is 4.79 Å². The van der Waals surface area contributed by atoms with E-state index in [9.17, 15) is 4.79 Å². The number of ether oxygens (including phenoxy) is 2. The summed E-state index contributed by atoms with van der Waals surface area (Å²) in [5, 5.41) is 8.99. The highest BCUT2D eigenvalue weighted by Gasteiger charge is 2.45. The number of likely N-dealkylation sites (tertiary alicyclic amines) is 1. The van der Waals surface area contributed by atoms with Crippen LogP contribution in [-0.4, -0.2) is 78.6 Å². The van der Waals surface area contributed by atoms with Gasteiger partial charge in [0, 0.05) is 32.2 Å². The molecule has 1 atom stereocenters. The Bertz CT molecular complexity index is 336. The van der Waals surface area contributed by atoms with Crippen molar-refractivity contribution in [2.24, 2.45) is 0 Å². The van der Waals surface area contributed by atoms with Crippen molar-refractivity contribution in [1.82, 2.24) is 9.80 Å². The molecule has 0 aromatic rings. The van der Waals surface area contributed by atoms with Crippen molar-refractivity contribution in [3.63, 3.8) is 0 Å². The van der Waals surface area contributed by atoms with Crippen LogP contribution in [0.1, 0.15) is 19.3 Å². The van der Waals surface area contributed by atoms with E-state index in [2.05, 4.69) is 4.90 Å². The summed E-state index contributed by atoms with van der Waals surface area (Å²) in [6.45, 7) is 5.60. The molecule has 0 bridgehead atoms. The summed E-state index contributed by atoms with van der Waals surface area (Å²) in [6.07, 6.45) is 1.90. The maximum absolute atomic E-state index is 10.9. The third-order valence-electron chi connectivity index (χ3n) is 4.70. The Hall–Kier alpha value is -0.850. The minimum absolute atomic E-state index is 0.0745. The van der Waals surface area contributed by atoms with Gasteiger partial charge in [-0.3, -0.25) is 4.90 Å². The van der Waals surface area contributed by atoms with Gasteiger partial charge >= 0.3 is 6.09 Å². The second-order valence-corrected chi connectivity index (χ2v) is 5.77. The number of nitrogens with zero attached hydrogens (tertiary/aromatic N) is 2. The quantitative estimate of drug-likeness (QED) is 0.757. The molecule has 0 radical (unpaired) electrons. The van der Waals surface area contributed by atoms with Crippen LogP contribution in [0.5, 0.6) is 0 Å². The molecule has 0 aromatic carbocycles. The van der Waals surface area contributed by atoms with Crippen LogP contribution in [0.4, 0.5) is 4.79 Å². The van der Waals surface area contributed by atoms with E-state index in [-0.39, 0.29) is 5.60 Å². The number of carbonyl (C=O) groups is 1. The Morgan fingerprint density at radius 1 is 1.16 bits per heavy atom. The van der Waals surface area contributed by atoms with Crippen LogP contribution >= 0.6 is 0 Å². The smallest absolute Gasteiger partial charge is 0.407 e. The molecule has 19 heavy (non-hydrogen) atoms. The SMILES string of the molecule is O=C(O)N1CCC2(CC1)C[C@H](N1CCOCC1)CO2. The lowest BCUT2D eigenvalue weighted by molar-refractivity contribution is -0.0406. The summed E-state index contributed by atoms with van der Waals surface area (Å²) >= 11 is 0. The van der Waals surface area contributed by atoms with Crippen LogP contribution in [0.2, 0.25) is 0 Å². The highest BCUT2D eigenvalue weighted by atomic mass is 16.5. The van der Waals surface area contributed by atoms with Crippen molar-refractivity contribution in [3.8, 4) is 0 Å². The number of carboxylic acid groups (broad SMARTS) is 1. The zero-order valence-electron chi connectivity index (χ0n) is 11.2. The summed E-state index contributed by atoms with van der Waals surface area (Å²) in [7, 11) is 0. The van der Waals surface area contributed by atoms with Crippen molar-refractivity contribution in [2.45, 2.75) is 30.9 Å². The molecule has 3 saturated heterocycles. The van der Waals surface area contributed by atoms with E-state index in [1.165, 1.54) is 4.90 Å². The summed E-state index contributed by atoms with van der Waals surface area (Å²) in [5.41, 5.74) is -0.0745. The zero-order chi connectivity index (χ0) is 13.3. The molecule has 0 saturated carbocycles. The summed E-state index contributed by atoms with van der Waals surface area (Å²) in [6, 6.07) is 0.486. The normalized spacial score (nSPS) is 31.8. The van der Waals surface area contributed by atoms with E-state index in [0.717, 1.165) is 52.2 Å². The molecular weight excluding hydrogens is 248 g/mol. The van der Waals surface area contributed by atoms with E-state index in [1.54, 1.807) is 0 Å². The van der Waals surface area contributed by atoms with Gasteiger partial charge in [0.05, 0.1) is 25.4 Å². The van der Waals surface area contributed by atoms with Crippen LogP contribution in [0.25, 0.3) is 0 Å². The van der Waals surface area contributed by atoms with Crippen LogP contribution < -0.4 is 0 Å². The van der Waals surface area contributed by atoms with E-state index < -0.39 is 6.09 Å². The highest BCUT2D eigenvalue weighted by Crippen LogP contribution is 2.37. The number of hydrogen-bond acceptors (Lipinski definition) is 4. The van der Waals surface area contributed by atoms with Gasteiger partial charge in [0.1, 0.15) is 0 Å². The first-order valence-corrected chi connectivity index (χ1v) is 7.12. The average Bonchev–Trinajstić information content (AvgIpc) is 2.84. The fourth-order valence-corrected chi connectivity index (χ4v) is 3.45. The minimum atomic E-state index is -0.808. The number of amides is 1. The van der Waals surface area contributed by atoms with Crippen molar-refractivity contribution in [3.05, 3.63) is 0 Å². The number of piperidine rings is 1. The molecule has 3 rings (SSSR count). The van der Waals surface area contributed by atoms with E-state index in [4.69, 9.17) is 14.6 Å². The molecular formula is C13H22N2O4. The van der Waals surface area contributed by atoms with Crippen LogP contribution in [0, 0.1) is 0 Å². The number of rotatable bonds is 1. The second-order valence-electron chi connectivity index (χ2n) is 5.77. The lowest BCUT2D eigenvalue weighted by Gasteiger charge is -2.38. The molecule has 0 unspecified atom stereocenters. The second kappa shape index (κ2) is 5.26. The average molecular weight is 270 g/mol.